The normalized spacial score (nSPS) is 13.0. The highest BCUT2D eigenvalue weighted by Gasteiger charge is 2.41. The average Bonchev–Trinajstić information content (AvgIpc) is 2.97. The molecule has 0 aliphatic carbocycles. The second kappa shape index (κ2) is 6.88. The van der Waals surface area contributed by atoms with Gasteiger partial charge in [-0.1, -0.05) is 42.5 Å². The van der Waals surface area contributed by atoms with E-state index in [2.05, 4.69) is 0 Å². The van der Waals surface area contributed by atoms with E-state index >= 15 is 0 Å². The van der Waals surface area contributed by atoms with Crippen LogP contribution >= 0.6 is 0 Å². The van der Waals surface area contributed by atoms with Crippen molar-refractivity contribution in [2.24, 2.45) is 0 Å². The highest BCUT2D eigenvalue weighted by atomic mass is 16.5. The predicted octanol–water partition coefficient (Wildman–Crippen LogP) is 3.60. The summed E-state index contributed by atoms with van der Waals surface area (Å²) in [6, 6.07) is 15.5. The van der Waals surface area contributed by atoms with Crippen molar-refractivity contribution in [3.63, 3.8) is 0 Å². The van der Waals surface area contributed by atoms with Crippen molar-refractivity contribution in [3.8, 4) is 17.2 Å². The Balaban J connectivity index is 1.87. The first-order chi connectivity index (χ1) is 13.6. The molecule has 6 heteroatoms. The first kappa shape index (κ1) is 17.9. The minimum Gasteiger partial charge on any atom is -0.493 e. The van der Waals surface area contributed by atoms with E-state index in [1.54, 1.807) is 6.07 Å². The molecule has 0 fully saturated rings. The van der Waals surface area contributed by atoms with Crippen LogP contribution in [0.2, 0.25) is 0 Å². The fraction of sp³-hybridized carbons (Fsp3) is 0.182. The van der Waals surface area contributed by atoms with Gasteiger partial charge < -0.3 is 19.1 Å². The number of nitrogens with zero attached hydrogens (tertiary/aromatic N) is 1. The van der Waals surface area contributed by atoms with E-state index in [0.29, 0.717) is 11.4 Å². The molecule has 0 aromatic heterocycles. The number of fused-ring (bicyclic) bond motifs is 2. The maximum Gasteiger partial charge on any atom is 0.299 e. The minimum atomic E-state index is -0.618. The highest BCUT2D eigenvalue weighted by Crippen LogP contribution is 2.48. The van der Waals surface area contributed by atoms with Crippen LogP contribution in [0.15, 0.2) is 48.5 Å². The minimum absolute atomic E-state index is 0.199. The van der Waals surface area contributed by atoms with Crippen LogP contribution in [0.1, 0.15) is 15.9 Å². The van der Waals surface area contributed by atoms with E-state index in [1.165, 1.54) is 26.2 Å². The number of amides is 1. The fourth-order valence-electron chi connectivity index (χ4n) is 3.67. The molecule has 0 atom stereocenters. The summed E-state index contributed by atoms with van der Waals surface area (Å²) in [5.41, 5.74) is 1.60. The van der Waals surface area contributed by atoms with E-state index in [0.717, 1.165) is 16.3 Å². The van der Waals surface area contributed by atoms with Gasteiger partial charge in [0.25, 0.3) is 11.7 Å². The Morgan fingerprint density at radius 2 is 1.57 bits per heavy atom. The molecular weight excluding hydrogens is 358 g/mol. The second-order valence-corrected chi connectivity index (χ2v) is 6.40. The highest BCUT2D eigenvalue weighted by molar-refractivity contribution is 6.53. The quantitative estimate of drug-likeness (QED) is 0.636. The average molecular weight is 377 g/mol. The Hall–Kier alpha value is -3.54. The number of Topliss-reactive ketones (excluding diaryl/α,β-unsaturated/α-hetero) is 1. The third-order valence-electron chi connectivity index (χ3n) is 4.97. The zero-order chi connectivity index (χ0) is 19.8. The maximum atomic E-state index is 12.8. The molecule has 0 saturated heterocycles. The molecule has 142 valence electrons. The van der Waals surface area contributed by atoms with Crippen molar-refractivity contribution in [3.05, 3.63) is 59.7 Å². The Kier molecular flexibility index (Phi) is 4.39. The van der Waals surface area contributed by atoms with Gasteiger partial charge in [-0.3, -0.25) is 9.59 Å². The van der Waals surface area contributed by atoms with Gasteiger partial charge in [-0.05, 0) is 16.3 Å². The van der Waals surface area contributed by atoms with Crippen molar-refractivity contribution in [1.29, 1.82) is 0 Å². The SMILES string of the molecule is COc1cc2c(c(OC)c1OC)C(=O)C(=O)N2Cc1cccc2ccccc12. The zero-order valence-electron chi connectivity index (χ0n) is 15.8. The van der Waals surface area contributed by atoms with Crippen LogP contribution in [0.25, 0.3) is 10.8 Å². The third kappa shape index (κ3) is 2.57. The largest absolute Gasteiger partial charge is 0.493 e. The van der Waals surface area contributed by atoms with Gasteiger partial charge in [0.1, 0.15) is 0 Å². The third-order valence-corrected chi connectivity index (χ3v) is 4.97. The second-order valence-electron chi connectivity index (χ2n) is 6.40. The molecule has 1 aliphatic heterocycles. The summed E-state index contributed by atoms with van der Waals surface area (Å²) in [6.07, 6.45) is 0. The standard InChI is InChI=1S/C22H19NO5/c1-26-17-11-16-18(21(28-3)20(17)27-2)19(24)22(25)23(16)12-14-9-6-8-13-7-4-5-10-15(13)14/h4-11H,12H2,1-3H3. The molecule has 1 amide bonds. The lowest BCUT2D eigenvalue weighted by Crippen LogP contribution is -2.29. The van der Waals surface area contributed by atoms with Gasteiger partial charge >= 0.3 is 0 Å². The van der Waals surface area contributed by atoms with Crippen LogP contribution in [0.5, 0.6) is 17.2 Å². The molecule has 28 heavy (non-hydrogen) atoms. The van der Waals surface area contributed by atoms with Gasteiger partial charge in [0.05, 0.1) is 39.1 Å². The molecule has 0 unspecified atom stereocenters. The number of rotatable bonds is 5. The lowest BCUT2D eigenvalue weighted by atomic mass is 10.0. The lowest BCUT2D eigenvalue weighted by Gasteiger charge is -2.20. The van der Waals surface area contributed by atoms with Crippen molar-refractivity contribution >= 4 is 28.2 Å². The van der Waals surface area contributed by atoms with Gasteiger partial charge in [0.2, 0.25) is 5.75 Å². The molecule has 3 aromatic rings. The molecule has 0 radical (unpaired) electrons. The summed E-state index contributed by atoms with van der Waals surface area (Å²) in [4.78, 5) is 27.0. The Bertz CT molecular complexity index is 1100. The summed E-state index contributed by atoms with van der Waals surface area (Å²) < 4.78 is 16.1. The van der Waals surface area contributed by atoms with Gasteiger partial charge in [-0.15, -0.1) is 0 Å². The number of benzene rings is 3. The molecule has 3 aromatic carbocycles. The smallest absolute Gasteiger partial charge is 0.299 e. The van der Waals surface area contributed by atoms with E-state index in [-0.39, 0.29) is 23.6 Å². The van der Waals surface area contributed by atoms with Crippen LogP contribution in [0, 0.1) is 0 Å². The van der Waals surface area contributed by atoms with Gasteiger partial charge in [-0.2, -0.15) is 0 Å². The Morgan fingerprint density at radius 3 is 2.29 bits per heavy atom. The number of carbonyl (C=O) groups excluding carboxylic acids is 2. The predicted molar refractivity (Wildman–Crippen MR) is 106 cm³/mol. The van der Waals surface area contributed by atoms with E-state index in [1.807, 2.05) is 42.5 Å². The van der Waals surface area contributed by atoms with Crippen LogP contribution in [-0.4, -0.2) is 33.0 Å². The number of ketones is 1. The molecular formula is C22H19NO5. The summed E-state index contributed by atoms with van der Waals surface area (Å²) >= 11 is 0. The van der Waals surface area contributed by atoms with E-state index < -0.39 is 11.7 Å². The number of hydrogen-bond donors (Lipinski definition) is 0. The fourth-order valence-corrected chi connectivity index (χ4v) is 3.67. The number of anilines is 1. The van der Waals surface area contributed by atoms with E-state index in [4.69, 9.17) is 14.2 Å². The molecule has 1 aliphatic rings. The van der Waals surface area contributed by atoms with Crippen LogP contribution < -0.4 is 19.1 Å². The van der Waals surface area contributed by atoms with Crippen LogP contribution in [-0.2, 0) is 11.3 Å². The summed E-state index contributed by atoms with van der Waals surface area (Å²) in [5, 5.41) is 2.11. The maximum absolute atomic E-state index is 12.8. The van der Waals surface area contributed by atoms with Crippen molar-refractivity contribution in [1.82, 2.24) is 0 Å². The summed E-state index contributed by atoms with van der Waals surface area (Å²) in [6.45, 7) is 0.261. The number of hydrogen-bond acceptors (Lipinski definition) is 5. The number of methoxy groups -OCH3 is 3. The topological polar surface area (TPSA) is 65.1 Å². The molecule has 0 bridgehead atoms. The first-order valence-corrected chi connectivity index (χ1v) is 8.76. The number of ether oxygens (including phenoxy) is 3. The van der Waals surface area contributed by atoms with Crippen molar-refractivity contribution in [2.75, 3.05) is 26.2 Å². The van der Waals surface area contributed by atoms with Gasteiger partial charge in [0, 0.05) is 6.07 Å². The monoisotopic (exact) mass is 377 g/mol. The van der Waals surface area contributed by atoms with Gasteiger partial charge in [-0.25, -0.2) is 0 Å². The zero-order valence-corrected chi connectivity index (χ0v) is 15.8. The van der Waals surface area contributed by atoms with E-state index in [9.17, 15) is 9.59 Å². The molecule has 1 heterocycles. The van der Waals surface area contributed by atoms with Crippen molar-refractivity contribution < 1.29 is 23.8 Å². The summed E-state index contributed by atoms with van der Waals surface area (Å²) in [7, 11) is 4.39. The van der Waals surface area contributed by atoms with Crippen molar-refractivity contribution in [2.45, 2.75) is 6.54 Å². The van der Waals surface area contributed by atoms with Crippen LogP contribution in [0.3, 0.4) is 0 Å². The summed E-state index contributed by atoms with van der Waals surface area (Å²) in [5.74, 6) is -0.333. The Morgan fingerprint density at radius 1 is 0.857 bits per heavy atom. The molecule has 4 rings (SSSR count). The molecule has 0 N–H and O–H groups in total. The molecule has 0 spiro atoms. The van der Waals surface area contributed by atoms with Gasteiger partial charge in [0.15, 0.2) is 11.5 Å². The lowest BCUT2D eigenvalue weighted by molar-refractivity contribution is -0.114. The molecule has 6 nitrogen and oxygen atoms in total. The van der Waals surface area contributed by atoms with Crippen LogP contribution in [0.4, 0.5) is 5.69 Å². The molecule has 0 saturated carbocycles. The first-order valence-electron chi connectivity index (χ1n) is 8.76. The number of carbonyl (C=O) groups is 2. The Labute approximate surface area is 162 Å².